The number of nitrogens with zero attached hydrogens (tertiary/aromatic N) is 2. The minimum absolute atomic E-state index is 0.0351. The topological polar surface area (TPSA) is 60.0 Å². The Hall–Kier alpha value is -2.40. The summed E-state index contributed by atoms with van der Waals surface area (Å²) in [5.74, 6) is 1.59. The highest BCUT2D eigenvalue weighted by Crippen LogP contribution is 2.40. The van der Waals surface area contributed by atoms with Crippen LogP contribution in [0, 0.1) is 0 Å². The fraction of sp³-hybridized carbons (Fsp3) is 0.400. The molecule has 1 aliphatic carbocycles. The van der Waals surface area contributed by atoms with Crippen LogP contribution >= 0.6 is 0 Å². The van der Waals surface area contributed by atoms with Gasteiger partial charge in [-0.1, -0.05) is 0 Å². The van der Waals surface area contributed by atoms with Gasteiger partial charge in [-0.25, -0.2) is 9.97 Å². The van der Waals surface area contributed by atoms with E-state index >= 15 is 0 Å². The molecule has 2 aromatic heterocycles. The van der Waals surface area contributed by atoms with Crippen LogP contribution in [0.3, 0.4) is 0 Å². The van der Waals surface area contributed by atoms with E-state index in [9.17, 15) is 0 Å². The number of aryl methyl sites for hydroxylation is 1. The number of H-pyrrole nitrogens is 1. The van der Waals surface area contributed by atoms with Gasteiger partial charge in [-0.2, -0.15) is 0 Å². The lowest BCUT2D eigenvalue weighted by Gasteiger charge is -2.32. The van der Waals surface area contributed by atoms with Gasteiger partial charge >= 0.3 is 0 Å². The zero-order valence-corrected chi connectivity index (χ0v) is 14.3. The second-order valence-corrected chi connectivity index (χ2v) is 7.08. The van der Waals surface area contributed by atoms with Gasteiger partial charge < -0.3 is 14.5 Å². The largest absolute Gasteiger partial charge is 0.497 e. The number of rotatable bonds is 2. The molecule has 5 rings (SSSR count). The van der Waals surface area contributed by atoms with Crippen molar-refractivity contribution in [1.29, 1.82) is 0 Å². The fourth-order valence-electron chi connectivity index (χ4n) is 4.22. The van der Waals surface area contributed by atoms with E-state index in [4.69, 9.17) is 14.5 Å². The van der Waals surface area contributed by atoms with E-state index in [0.29, 0.717) is 0 Å². The van der Waals surface area contributed by atoms with Crippen LogP contribution in [0.2, 0.25) is 0 Å². The van der Waals surface area contributed by atoms with Crippen molar-refractivity contribution in [2.45, 2.75) is 37.7 Å². The Morgan fingerprint density at radius 3 is 2.84 bits per heavy atom. The molecule has 3 heterocycles. The Kier molecular flexibility index (Phi) is 3.31. The Morgan fingerprint density at radius 2 is 2.08 bits per heavy atom. The molecule has 1 fully saturated rings. The van der Waals surface area contributed by atoms with Crippen molar-refractivity contribution in [1.82, 2.24) is 15.0 Å². The van der Waals surface area contributed by atoms with E-state index in [1.54, 1.807) is 7.11 Å². The van der Waals surface area contributed by atoms with Crippen LogP contribution in [0.4, 0.5) is 0 Å². The van der Waals surface area contributed by atoms with Crippen LogP contribution in [0.25, 0.3) is 22.4 Å². The Bertz CT molecular complexity index is 924. The van der Waals surface area contributed by atoms with Crippen LogP contribution in [-0.4, -0.2) is 34.3 Å². The first-order valence-corrected chi connectivity index (χ1v) is 8.91. The van der Waals surface area contributed by atoms with Crippen LogP contribution in [0.15, 0.2) is 30.5 Å². The second kappa shape index (κ2) is 5.56. The van der Waals surface area contributed by atoms with Gasteiger partial charge in [-0.15, -0.1) is 0 Å². The van der Waals surface area contributed by atoms with Crippen molar-refractivity contribution in [2.24, 2.45) is 0 Å². The Morgan fingerprint density at radius 1 is 1.20 bits per heavy atom. The van der Waals surface area contributed by atoms with E-state index in [-0.39, 0.29) is 5.60 Å². The number of hydrogen-bond donors (Lipinski definition) is 1. The van der Waals surface area contributed by atoms with E-state index in [0.717, 1.165) is 60.5 Å². The maximum absolute atomic E-state index is 6.13. The average molecular weight is 335 g/mol. The summed E-state index contributed by atoms with van der Waals surface area (Å²) in [5.41, 5.74) is 5.73. The van der Waals surface area contributed by atoms with Gasteiger partial charge in [0.1, 0.15) is 5.75 Å². The Labute approximate surface area is 146 Å². The van der Waals surface area contributed by atoms with Gasteiger partial charge in [0.15, 0.2) is 5.82 Å². The smallest absolute Gasteiger partial charge is 0.159 e. The molecule has 1 spiro atoms. The summed E-state index contributed by atoms with van der Waals surface area (Å²) in [6, 6.07) is 7.88. The molecule has 128 valence electrons. The normalized spacial score (nSPS) is 22.4. The zero-order chi connectivity index (χ0) is 16.9. The van der Waals surface area contributed by atoms with Crippen LogP contribution in [0.1, 0.15) is 30.5 Å². The third kappa shape index (κ3) is 2.42. The highest BCUT2D eigenvalue weighted by Gasteiger charge is 2.39. The number of benzene rings is 1. The Balaban J connectivity index is 1.57. The van der Waals surface area contributed by atoms with E-state index in [1.165, 1.54) is 17.7 Å². The molecule has 1 aromatic carbocycles. The minimum atomic E-state index is 0.0351. The molecule has 1 aliphatic heterocycles. The summed E-state index contributed by atoms with van der Waals surface area (Å²) in [4.78, 5) is 13.0. The molecule has 2 aliphatic rings. The molecule has 0 bridgehead atoms. The summed E-state index contributed by atoms with van der Waals surface area (Å²) in [5, 5.41) is 0. The summed E-state index contributed by atoms with van der Waals surface area (Å²) >= 11 is 0. The van der Waals surface area contributed by atoms with Crippen molar-refractivity contribution >= 4 is 11.0 Å². The van der Waals surface area contributed by atoms with Crippen molar-refractivity contribution in [3.63, 3.8) is 0 Å². The number of nitrogens with one attached hydrogen (secondary N) is 1. The highest BCUT2D eigenvalue weighted by molar-refractivity contribution is 5.82. The van der Waals surface area contributed by atoms with Gasteiger partial charge in [0.05, 0.1) is 29.9 Å². The van der Waals surface area contributed by atoms with E-state index in [1.807, 2.05) is 30.5 Å². The monoisotopic (exact) mass is 335 g/mol. The summed E-state index contributed by atoms with van der Waals surface area (Å²) < 4.78 is 11.4. The van der Waals surface area contributed by atoms with Crippen molar-refractivity contribution in [3.05, 3.63) is 41.7 Å². The third-order valence-electron chi connectivity index (χ3n) is 5.59. The summed E-state index contributed by atoms with van der Waals surface area (Å²) in [7, 11) is 1.67. The maximum Gasteiger partial charge on any atom is 0.159 e. The number of aromatic amines is 1. The molecule has 5 heteroatoms. The number of aromatic nitrogens is 3. The molecule has 1 atom stereocenters. The van der Waals surface area contributed by atoms with Gasteiger partial charge in [0, 0.05) is 29.8 Å². The molecule has 5 nitrogen and oxygen atoms in total. The maximum atomic E-state index is 6.13. The summed E-state index contributed by atoms with van der Waals surface area (Å²) in [6.07, 6.45) is 7.33. The lowest BCUT2D eigenvalue weighted by atomic mass is 9.81. The molecule has 0 saturated carbocycles. The number of ether oxygens (including phenoxy) is 2. The van der Waals surface area contributed by atoms with Crippen molar-refractivity contribution < 1.29 is 9.47 Å². The lowest BCUT2D eigenvalue weighted by Crippen LogP contribution is -2.34. The number of hydrogen-bond acceptors (Lipinski definition) is 4. The molecular weight excluding hydrogens is 314 g/mol. The van der Waals surface area contributed by atoms with E-state index < -0.39 is 0 Å². The molecular formula is C20H21N3O2. The van der Waals surface area contributed by atoms with Gasteiger partial charge in [-0.3, -0.25) is 0 Å². The van der Waals surface area contributed by atoms with Crippen molar-refractivity contribution in [2.75, 3.05) is 13.7 Å². The highest BCUT2D eigenvalue weighted by atomic mass is 16.5. The second-order valence-electron chi connectivity index (χ2n) is 7.08. The predicted molar refractivity (Wildman–Crippen MR) is 95.8 cm³/mol. The average Bonchev–Trinajstić information content (AvgIpc) is 3.26. The minimum Gasteiger partial charge on any atom is -0.497 e. The molecule has 1 unspecified atom stereocenters. The number of fused-ring (bicyclic) bond motifs is 3. The summed E-state index contributed by atoms with van der Waals surface area (Å²) in [6.45, 7) is 0.893. The van der Waals surface area contributed by atoms with Crippen molar-refractivity contribution in [3.8, 4) is 17.1 Å². The predicted octanol–water partition coefficient (Wildman–Crippen LogP) is 3.67. The molecule has 0 radical (unpaired) electrons. The van der Waals surface area contributed by atoms with Gasteiger partial charge in [0.25, 0.3) is 0 Å². The lowest BCUT2D eigenvalue weighted by molar-refractivity contribution is -0.00650. The van der Waals surface area contributed by atoms with Crippen LogP contribution in [-0.2, 0) is 17.6 Å². The first kappa shape index (κ1) is 14.9. The van der Waals surface area contributed by atoms with Crippen LogP contribution in [0.5, 0.6) is 5.75 Å². The van der Waals surface area contributed by atoms with Crippen LogP contribution < -0.4 is 4.74 Å². The number of methoxy groups -OCH3 is 1. The molecule has 25 heavy (non-hydrogen) atoms. The van der Waals surface area contributed by atoms with Gasteiger partial charge in [0.2, 0.25) is 0 Å². The SMILES string of the molecule is COc1ccc(-c2ncc3[nH]c4c(c3n2)CC2(CCCO2)CC4)cc1. The molecule has 3 aromatic rings. The van der Waals surface area contributed by atoms with E-state index in [2.05, 4.69) is 9.97 Å². The fourth-order valence-corrected chi connectivity index (χ4v) is 4.22. The van der Waals surface area contributed by atoms with Gasteiger partial charge in [-0.05, 0) is 49.9 Å². The zero-order valence-electron chi connectivity index (χ0n) is 14.3. The quantitative estimate of drug-likeness (QED) is 0.776. The molecule has 0 amide bonds. The third-order valence-corrected chi connectivity index (χ3v) is 5.59. The molecule has 1 saturated heterocycles. The standard InChI is InChI=1S/C20H21N3O2/c1-24-14-5-3-13(4-6-14)19-21-12-17-18(23-19)15-11-20(8-2-10-25-20)9-7-16(15)22-17/h3-6,12,22H,2,7-11H2,1H3. The first-order chi connectivity index (χ1) is 12.3. The first-order valence-electron chi connectivity index (χ1n) is 8.91. The molecule has 1 N–H and O–H groups in total.